The van der Waals surface area contributed by atoms with Gasteiger partial charge in [0.1, 0.15) is 36.4 Å². The fourth-order valence-corrected chi connectivity index (χ4v) is 5.51. The number of likely N-dealkylation sites (N-methyl/N-ethyl adjacent to an activating group) is 1. The highest BCUT2D eigenvalue weighted by atomic mass is 35.5. The molecule has 4 rings (SSSR count). The minimum absolute atomic E-state index is 0.0211. The van der Waals surface area contributed by atoms with Crippen molar-refractivity contribution in [2.75, 3.05) is 39.2 Å². The summed E-state index contributed by atoms with van der Waals surface area (Å²) in [5.74, 6) is -0.372. The van der Waals surface area contributed by atoms with Crippen molar-refractivity contribution in [2.45, 2.75) is 65.1 Å². The molecule has 1 fully saturated rings. The highest BCUT2D eigenvalue weighted by Gasteiger charge is 2.42. The van der Waals surface area contributed by atoms with Crippen LogP contribution in [0.15, 0.2) is 36.7 Å². The van der Waals surface area contributed by atoms with Crippen LogP contribution < -0.4 is 20.7 Å². The van der Waals surface area contributed by atoms with E-state index in [1.54, 1.807) is 44.2 Å². The first kappa shape index (κ1) is 35.0. The molecular formula is C33H42ClFN6O5. The molecule has 1 aromatic heterocycles. The van der Waals surface area contributed by atoms with Crippen LogP contribution in [0.25, 0.3) is 10.9 Å². The number of nitrogens with one attached hydrogen (secondary N) is 3. The van der Waals surface area contributed by atoms with E-state index in [4.69, 9.17) is 21.1 Å². The maximum atomic E-state index is 14.0. The molecule has 0 aliphatic carbocycles. The number of hydrogen-bond donors (Lipinski definition) is 3. The Hall–Kier alpha value is -3.87. The van der Waals surface area contributed by atoms with Crippen LogP contribution in [0.2, 0.25) is 5.02 Å². The molecule has 1 aliphatic heterocycles. The van der Waals surface area contributed by atoms with Crippen molar-refractivity contribution in [1.29, 1.82) is 0 Å². The Morgan fingerprint density at radius 1 is 1.15 bits per heavy atom. The van der Waals surface area contributed by atoms with Crippen LogP contribution in [-0.2, 0) is 25.5 Å². The van der Waals surface area contributed by atoms with Crippen LogP contribution in [0.1, 0.15) is 46.1 Å². The monoisotopic (exact) mass is 656 g/mol. The molecule has 2 aromatic carbocycles. The van der Waals surface area contributed by atoms with E-state index in [0.29, 0.717) is 59.7 Å². The third-order valence-electron chi connectivity index (χ3n) is 8.04. The van der Waals surface area contributed by atoms with Crippen LogP contribution in [0.3, 0.4) is 0 Å². The van der Waals surface area contributed by atoms with Crippen LogP contribution in [0.4, 0.5) is 15.9 Å². The standard InChI is InChI=1S/C33H42ClFN6O5/c1-19(36-5)31(43)40-29(33(2,3)4)32(44)41-11-7-8-26(41)27(42)15-20-14-22-25(17-28(20)46-13-12-45-6)37-18-38-30(22)39-21-9-10-24(35)23(34)16-21/h9-10,14,16-19,26,29,36H,7-8,11-13,15H2,1-6H3,(H,40,43)(H,37,38,39)/t19-,26-,29+/m0/s1. The Kier molecular flexibility index (Phi) is 11.5. The van der Waals surface area contributed by atoms with E-state index in [0.717, 1.165) is 0 Å². The molecule has 46 heavy (non-hydrogen) atoms. The average molecular weight is 657 g/mol. The number of methoxy groups -OCH3 is 1. The number of benzene rings is 2. The topological polar surface area (TPSA) is 135 Å². The number of halogens is 2. The lowest BCUT2D eigenvalue weighted by molar-refractivity contribution is -0.143. The lowest BCUT2D eigenvalue weighted by atomic mass is 9.85. The summed E-state index contributed by atoms with van der Waals surface area (Å²) in [4.78, 5) is 51.0. The van der Waals surface area contributed by atoms with Crippen LogP contribution in [-0.4, -0.2) is 84.5 Å². The van der Waals surface area contributed by atoms with E-state index >= 15 is 0 Å². The van der Waals surface area contributed by atoms with Gasteiger partial charge in [-0.15, -0.1) is 0 Å². The molecule has 1 aliphatic rings. The van der Waals surface area contributed by atoms with Gasteiger partial charge in [0.05, 0.1) is 29.2 Å². The first-order valence-corrected chi connectivity index (χ1v) is 15.6. The molecule has 0 bridgehead atoms. The smallest absolute Gasteiger partial charge is 0.246 e. The average Bonchev–Trinajstić information content (AvgIpc) is 3.51. The number of ketones is 1. The number of nitrogens with zero attached hydrogens (tertiary/aromatic N) is 3. The second kappa shape index (κ2) is 15.1. The van der Waals surface area contributed by atoms with E-state index in [-0.39, 0.29) is 35.6 Å². The lowest BCUT2D eigenvalue weighted by Crippen LogP contribution is -2.58. The van der Waals surface area contributed by atoms with Crippen molar-refractivity contribution in [1.82, 2.24) is 25.5 Å². The van der Waals surface area contributed by atoms with E-state index in [1.807, 2.05) is 20.8 Å². The fraction of sp³-hybridized carbons (Fsp3) is 0.485. The number of carbonyl (C=O) groups excluding carboxylic acids is 3. The molecule has 0 radical (unpaired) electrons. The number of ether oxygens (including phenoxy) is 2. The van der Waals surface area contributed by atoms with Crippen molar-refractivity contribution in [3.05, 3.63) is 53.1 Å². The number of Topliss-reactive ketones (excluding diaryl/α,β-unsaturated/α-hetero) is 1. The van der Waals surface area contributed by atoms with Gasteiger partial charge in [0.2, 0.25) is 11.8 Å². The zero-order valence-electron chi connectivity index (χ0n) is 27.1. The predicted molar refractivity (Wildman–Crippen MR) is 175 cm³/mol. The number of amides is 2. The second-order valence-electron chi connectivity index (χ2n) is 12.4. The first-order valence-electron chi connectivity index (χ1n) is 15.3. The van der Waals surface area contributed by atoms with Gasteiger partial charge in [0.25, 0.3) is 0 Å². The summed E-state index contributed by atoms with van der Waals surface area (Å²) in [6, 6.07) is 5.82. The highest BCUT2D eigenvalue weighted by molar-refractivity contribution is 6.31. The van der Waals surface area contributed by atoms with E-state index in [9.17, 15) is 18.8 Å². The molecular weight excluding hydrogens is 615 g/mol. The van der Waals surface area contributed by atoms with Gasteiger partial charge < -0.3 is 30.3 Å². The molecule has 0 saturated carbocycles. The maximum absolute atomic E-state index is 14.0. The quantitative estimate of drug-likeness (QED) is 0.228. The maximum Gasteiger partial charge on any atom is 0.246 e. The normalized spacial score (nSPS) is 16.3. The number of hydrogen-bond acceptors (Lipinski definition) is 9. The second-order valence-corrected chi connectivity index (χ2v) is 12.9. The lowest BCUT2D eigenvalue weighted by Gasteiger charge is -2.36. The SMILES string of the molecule is CN[C@@H](C)C(=O)N[C@H](C(=O)N1CCC[C@H]1C(=O)Cc1cc2c(Nc3ccc(F)c(Cl)c3)ncnc2cc1OCCOC)C(C)(C)C. The number of anilines is 2. The van der Waals surface area contributed by atoms with Gasteiger partial charge in [-0.3, -0.25) is 14.4 Å². The minimum atomic E-state index is -0.816. The van der Waals surface area contributed by atoms with Crippen molar-refractivity contribution in [3.63, 3.8) is 0 Å². The fourth-order valence-electron chi connectivity index (χ4n) is 5.33. The number of rotatable bonds is 13. The summed E-state index contributed by atoms with van der Waals surface area (Å²) in [6.45, 7) is 8.38. The van der Waals surface area contributed by atoms with Gasteiger partial charge in [-0.05, 0) is 56.5 Å². The van der Waals surface area contributed by atoms with Crippen molar-refractivity contribution >= 4 is 51.6 Å². The van der Waals surface area contributed by atoms with Gasteiger partial charge in [-0.25, -0.2) is 14.4 Å². The number of likely N-dealkylation sites (tertiary alicyclic amines) is 1. The van der Waals surface area contributed by atoms with Gasteiger partial charge >= 0.3 is 0 Å². The molecule has 11 nitrogen and oxygen atoms in total. The van der Waals surface area contributed by atoms with Gasteiger partial charge in [-0.2, -0.15) is 0 Å². The molecule has 248 valence electrons. The van der Waals surface area contributed by atoms with Crippen LogP contribution >= 0.6 is 11.6 Å². The Labute approximate surface area is 273 Å². The Morgan fingerprint density at radius 3 is 2.59 bits per heavy atom. The highest BCUT2D eigenvalue weighted by Crippen LogP contribution is 2.33. The van der Waals surface area contributed by atoms with Crippen molar-refractivity contribution in [3.8, 4) is 5.75 Å². The van der Waals surface area contributed by atoms with Gasteiger partial charge in [0.15, 0.2) is 5.78 Å². The predicted octanol–water partition coefficient (Wildman–Crippen LogP) is 4.43. The molecule has 0 unspecified atom stereocenters. The van der Waals surface area contributed by atoms with Crippen LogP contribution in [0, 0.1) is 11.2 Å². The minimum Gasteiger partial charge on any atom is -0.491 e. The summed E-state index contributed by atoms with van der Waals surface area (Å²) in [6.07, 6.45) is 2.55. The van der Waals surface area contributed by atoms with Crippen molar-refractivity contribution < 1.29 is 28.2 Å². The third-order valence-corrected chi connectivity index (χ3v) is 8.33. The Bertz CT molecular complexity index is 1580. The zero-order chi connectivity index (χ0) is 33.6. The van der Waals surface area contributed by atoms with E-state index in [1.165, 1.54) is 18.5 Å². The third kappa shape index (κ3) is 8.28. The molecule has 2 amide bonds. The summed E-state index contributed by atoms with van der Waals surface area (Å²) < 4.78 is 24.9. The van der Waals surface area contributed by atoms with Gasteiger partial charge in [0, 0.05) is 42.8 Å². The van der Waals surface area contributed by atoms with E-state index in [2.05, 4.69) is 25.9 Å². The largest absolute Gasteiger partial charge is 0.491 e. The number of fused-ring (bicyclic) bond motifs is 1. The summed E-state index contributed by atoms with van der Waals surface area (Å²) in [7, 11) is 3.25. The summed E-state index contributed by atoms with van der Waals surface area (Å²) in [5.41, 5.74) is 1.09. The van der Waals surface area contributed by atoms with E-state index < -0.39 is 29.4 Å². The molecule has 0 spiro atoms. The Morgan fingerprint density at radius 2 is 1.91 bits per heavy atom. The molecule has 3 aromatic rings. The zero-order valence-corrected chi connectivity index (χ0v) is 27.8. The summed E-state index contributed by atoms with van der Waals surface area (Å²) >= 11 is 5.98. The molecule has 1 saturated heterocycles. The number of carbonyl (C=O) groups is 3. The first-order chi connectivity index (χ1) is 21.8. The molecule has 13 heteroatoms. The molecule has 3 atom stereocenters. The summed E-state index contributed by atoms with van der Waals surface area (Å²) in [5, 5.41) is 9.53. The van der Waals surface area contributed by atoms with Crippen LogP contribution in [0.5, 0.6) is 5.75 Å². The molecule has 2 heterocycles. The van der Waals surface area contributed by atoms with Crippen molar-refractivity contribution in [2.24, 2.45) is 5.41 Å². The Balaban J connectivity index is 1.64. The number of aromatic nitrogens is 2. The molecule has 3 N–H and O–H groups in total. The van der Waals surface area contributed by atoms with Gasteiger partial charge in [-0.1, -0.05) is 32.4 Å².